The molecule has 0 bridgehead atoms. The SMILES string of the molecule is N#C/C(C(=O)Nc1ccc(F)cc1)=C(/O)c1ccc(Cl)cc1. The first-order chi connectivity index (χ1) is 10.5. The summed E-state index contributed by atoms with van der Waals surface area (Å²) in [5, 5.41) is 22.0. The zero-order chi connectivity index (χ0) is 16.1. The maximum Gasteiger partial charge on any atom is 0.270 e. The van der Waals surface area contributed by atoms with Crippen LogP contribution in [0.4, 0.5) is 10.1 Å². The molecule has 0 spiro atoms. The van der Waals surface area contributed by atoms with Crippen molar-refractivity contribution in [2.24, 2.45) is 0 Å². The van der Waals surface area contributed by atoms with Gasteiger partial charge >= 0.3 is 0 Å². The lowest BCUT2D eigenvalue weighted by molar-refractivity contribution is -0.112. The van der Waals surface area contributed by atoms with Gasteiger partial charge in [0.1, 0.15) is 17.6 Å². The summed E-state index contributed by atoms with van der Waals surface area (Å²) in [4.78, 5) is 12.0. The molecular weight excluding hydrogens is 307 g/mol. The molecule has 0 heterocycles. The third-order valence-electron chi connectivity index (χ3n) is 2.80. The van der Waals surface area contributed by atoms with Crippen LogP contribution < -0.4 is 5.32 Å². The average Bonchev–Trinajstić information content (AvgIpc) is 2.51. The van der Waals surface area contributed by atoms with Crippen molar-refractivity contribution < 1.29 is 14.3 Å². The lowest BCUT2D eigenvalue weighted by Crippen LogP contribution is -2.15. The number of halogens is 2. The van der Waals surface area contributed by atoms with Crippen molar-refractivity contribution in [3.05, 3.63) is 70.5 Å². The Bertz CT molecular complexity index is 762. The molecule has 0 aliphatic carbocycles. The maximum absolute atomic E-state index is 12.8. The van der Waals surface area contributed by atoms with Crippen molar-refractivity contribution in [3.63, 3.8) is 0 Å². The van der Waals surface area contributed by atoms with Crippen molar-refractivity contribution in [2.75, 3.05) is 5.32 Å². The molecule has 0 aliphatic heterocycles. The van der Waals surface area contributed by atoms with Gasteiger partial charge in [0.15, 0.2) is 5.57 Å². The van der Waals surface area contributed by atoms with Gasteiger partial charge in [0.25, 0.3) is 5.91 Å². The summed E-state index contributed by atoms with van der Waals surface area (Å²) in [6.45, 7) is 0. The predicted octanol–water partition coefficient (Wildman–Crippen LogP) is 3.91. The van der Waals surface area contributed by atoms with Crippen LogP contribution in [0.2, 0.25) is 5.02 Å². The van der Waals surface area contributed by atoms with Crippen LogP contribution in [0.25, 0.3) is 5.76 Å². The number of carbonyl (C=O) groups excluding carboxylic acids is 1. The van der Waals surface area contributed by atoms with Gasteiger partial charge in [-0.25, -0.2) is 4.39 Å². The smallest absolute Gasteiger partial charge is 0.270 e. The average molecular weight is 317 g/mol. The number of aliphatic hydroxyl groups is 1. The summed E-state index contributed by atoms with van der Waals surface area (Å²) >= 11 is 5.74. The maximum atomic E-state index is 12.8. The van der Waals surface area contributed by atoms with Gasteiger partial charge in [-0.1, -0.05) is 11.6 Å². The van der Waals surface area contributed by atoms with Gasteiger partial charge in [0.05, 0.1) is 0 Å². The molecule has 22 heavy (non-hydrogen) atoms. The van der Waals surface area contributed by atoms with E-state index < -0.39 is 23.1 Å². The molecule has 0 aliphatic rings. The van der Waals surface area contributed by atoms with Crippen molar-refractivity contribution in [2.45, 2.75) is 0 Å². The van der Waals surface area contributed by atoms with E-state index in [2.05, 4.69) is 5.32 Å². The molecule has 2 rings (SSSR count). The molecule has 0 aromatic heterocycles. The predicted molar refractivity (Wildman–Crippen MR) is 81.6 cm³/mol. The van der Waals surface area contributed by atoms with Crippen LogP contribution in [0.1, 0.15) is 5.56 Å². The minimum absolute atomic E-state index is 0.287. The second kappa shape index (κ2) is 6.74. The molecule has 1 amide bonds. The molecule has 0 unspecified atom stereocenters. The highest BCUT2D eigenvalue weighted by Gasteiger charge is 2.16. The number of carbonyl (C=O) groups is 1. The van der Waals surface area contributed by atoms with E-state index in [-0.39, 0.29) is 5.56 Å². The highest BCUT2D eigenvalue weighted by atomic mass is 35.5. The van der Waals surface area contributed by atoms with Gasteiger partial charge in [-0.2, -0.15) is 5.26 Å². The third kappa shape index (κ3) is 3.62. The van der Waals surface area contributed by atoms with Gasteiger partial charge in [-0.3, -0.25) is 4.79 Å². The highest BCUT2D eigenvalue weighted by molar-refractivity contribution is 6.30. The van der Waals surface area contributed by atoms with Gasteiger partial charge in [0, 0.05) is 16.3 Å². The minimum atomic E-state index is -0.790. The van der Waals surface area contributed by atoms with Gasteiger partial charge in [0.2, 0.25) is 0 Å². The Balaban J connectivity index is 2.28. The second-order valence-electron chi connectivity index (χ2n) is 4.30. The number of hydrogen-bond acceptors (Lipinski definition) is 3. The number of amides is 1. The largest absolute Gasteiger partial charge is 0.506 e. The van der Waals surface area contributed by atoms with E-state index in [1.165, 1.54) is 48.5 Å². The monoisotopic (exact) mass is 316 g/mol. The quantitative estimate of drug-likeness (QED) is 0.512. The van der Waals surface area contributed by atoms with E-state index in [0.29, 0.717) is 10.7 Å². The molecule has 4 nitrogen and oxygen atoms in total. The molecule has 0 atom stereocenters. The minimum Gasteiger partial charge on any atom is -0.506 e. The summed E-state index contributed by atoms with van der Waals surface area (Å²) < 4.78 is 12.8. The zero-order valence-corrected chi connectivity index (χ0v) is 11.9. The molecule has 0 radical (unpaired) electrons. The molecule has 6 heteroatoms. The number of hydrogen-bond donors (Lipinski definition) is 2. The molecule has 2 N–H and O–H groups in total. The lowest BCUT2D eigenvalue weighted by Gasteiger charge is -2.07. The van der Waals surface area contributed by atoms with E-state index in [4.69, 9.17) is 16.9 Å². The van der Waals surface area contributed by atoms with E-state index in [1.54, 1.807) is 6.07 Å². The Morgan fingerprint density at radius 2 is 1.73 bits per heavy atom. The molecule has 0 fully saturated rings. The Morgan fingerprint density at radius 1 is 1.14 bits per heavy atom. The summed E-state index contributed by atoms with van der Waals surface area (Å²) in [6.07, 6.45) is 0. The van der Waals surface area contributed by atoms with Crippen molar-refractivity contribution in [1.82, 2.24) is 0 Å². The topological polar surface area (TPSA) is 73.1 Å². The Kier molecular flexibility index (Phi) is 4.77. The van der Waals surface area contributed by atoms with Crippen molar-refractivity contribution in [1.29, 1.82) is 5.26 Å². The Morgan fingerprint density at radius 3 is 2.27 bits per heavy atom. The normalized spacial score (nSPS) is 11.3. The van der Waals surface area contributed by atoms with E-state index >= 15 is 0 Å². The molecule has 2 aromatic carbocycles. The zero-order valence-electron chi connectivity index (χ0n) is 11.2. The number of nitrogens with one attached hydrogen (secondary N) is 1. The van der Waals surface area contributed by atoms with E-state index in [1.807, 2.05) is 0 Å². The van der Waals surface area contributed by atoms with Crippen LogP contribution >= 0.6 is 11.6 Å². The first-order valence-electron chi connectivity index (χ1n) is 6.17. The van der Waals surface area contributed by atoms with E-state index in [0.717, 1.165) is 0 Å². The number of aliphatic hydroxyl groups excluding tert-OH is 1. The van der Waals surface area contributed by atoms with Crippen LogP contribution in [0, 0.1) is 17.1 Å². The number of nitrogens with zero attached hydrogens (tertiary/aromatic N) is 1. The van der Waals surface area contributed by atoms with Crippen LogP contribution in [-0.2, 0) is 4.79 Å². The van der Waals surface area contributed by atoms with Gasteiger partial charge < -0.3 is 10.4 Å². The summed E-state index contributed by atoms with van der Waals surface area (Å²) in [5.74, 6) is -1.70. The number of benzene rings is 2. The van der Waals surface area contributed by atoms with E-state index in [9.17, 15) is 14.3 Å². The number of nitriles is 1. The fourth-order valence-electron chi connectivity index (χ4n) is 1.69. The molecular formula is C16H10ClFN2O2. The molecule has 0 saturated heterocycles. The first-order valence-corrected chi connectivity index (χ1v) is 6.55. The van der Waals surface area contributed by atoms with Crippen LogP contribution in [0.3, 0.4) is 0 Å². The van der Waals surface area contributed by atoms with Crippen molar-refractivity contribution >= 4 is 29.0 Å². The van der Waals surface area contributed by atoms with Crippen molar-refractivity contribution in [3.8, 4) is 6.07 Å². The Labute approximate surface area is 131 Å². The molecule has 2 aromatic rings. The highest BCUT2D eigenvalue weighted by Crippen LogP contribution is 2.19. The molecule has 0 saturated carbocycles. The number of anilines is 1. The standard InChI is InChI=1S/C16H10ClFN2O2/c17-11-3-1-10(2-4-11)15(21)14(9-19)16(22)20-13-7-5-12(18)6-8-13/h1-8,21H,(H,20,22)/b15-14-. The Hall–Kier alpha value is -2.84. The summed E-state index contributed by atoms with van der Waals surface area (Å²) in [7, 11) is 0. The molecule has 110 valence electrons. The fourth-order valence-corrected chi connectivity index (χ4v) is 1.82. The summed E-state index contributed by atoms with van der Waals surface area (Å²) in [6, 6.07) is 12.7. The second-order valence-corrected chi connectivity index (χ2v) is 4.74. The fraction of sp³-hybridized carbons (Fsp3) is 0. The van der Waals surface area contributed by atoms with Crippen LogP contribution in [-0.4, -0.2) is 11.0 Å². The summed E-state index contributed by atoms with van der Waals surface area (Å²) in [5.41, 5.74) is 0.143. The number of rotatable bonds is 3. The van der Waals surface area contributed by atoms with Gasteiger partial charge in [-0.05, 0) is 48.5 Å². The van der Waals surface area contributed by atoms with Crippen LogP contribution in [0.15, 0.2) is 54.1 Å². The first kappa shape index (κ1) is 15.5. The third-order valence-corrected chi connectivity index (χ3v) is 3.05. The van der Waals surface area contributed by atoms with Gasteiger partial charge in [-0.15, -0.1) is 0 Å². The van der Waals surface area contributed by atoms with Crippen LogP contribution in [0.5, 0.6) is 0 Å². The lowest BCUT2D eigenvalue weighted by atomic mass is 10.1.